The van der Waals surface area contributed by atoms with Crippen molar-refractivity contribution in [1.29, 1.82) is 0 Å². The van der Waals surface area contributed by atoms with Gasteiger partial charge in [-0.2, -0.15) is 18.3 Å². The number of carbonyl (C=O) groups is 1. The van der Waals surface area contributed by atoms with E-state index in [4.69, 9.17) is 0 Å². The summed E-state index contributed by atoms with van der Waals surface area (Å²) in [5.74, 6) is -0.523. The molecule has 8 heteroatoms. The van der Waals surface area contributed by atoms with Gasteiger partial charge in [0, 0.05) is 31.4 Å². The molecule has 1 fully saturated rings. The Bertz CT molecular complexity index is 461. The average Bonchev–Trinajstić information content (AvgIpc) is 2.92. The van der Waals surface area contributed by atoms with Crippen LogP contribution in [-0.4, -0.2) is 34.6 Å². The standard InChI is InChI=1S/C14H21F3N4O/c15-14(16,17)10-11-4-1-2-5-12(11)20-13(22)18-7-9-21-8-3-6-19-21/h3,6,8,11-12H,1-2,4-5,7,9-10H2,(H2,18,20,22)/t11-,12-/m0/s1. The molecule has 0 aliphatic heterocycles. The predicted molar refractivity (Wildman–Crippen MR) is 75.2 cm³/mol. The minimum Gasteiger partial charge on any atom is -0.336 e. The van der Waals surface area contributed by atoms with Crippen LogP contribution in [0.4, 0.5) is 18.0 Å². The van der Waals surface area contributed by atoms with E-state index in [-0.39, 0.29) is 0 Å². The topological polar surface area (TPSA) is 59.0 Å². The minimum absolute atomic E-state index is 0.379. The van der Waals surface area contributed by atoms with Crippen LogP contribution >= 0.6 is 0 Å². The predicted octanol–water partition coefficient (Wildman–Crippen LogP) is 2.69. The molecule has 1 saturated carbocycles. The van der Waals surface area contributed by atoms with Gasteiger partial charge in [0.05, 0.1) is 6.54 Å². The van der Waals surface area contributed by atoms with Crippen molar-refractivity contribution in [2.75, 3.05) is 6.54 Å². The number of carbonyl (C=O) groups excluding carboxylic acids is 1. The highest BCUT2D eigenvalue weighted by Crippen LogP contribution is 2.34. The van der Waals surface area contributed by atoms with Crippen molar-refractivity contribution in [2.45, 2.75) is 50.9 Å². The monoisotopic (exact) mass is 318 g/mol. The molecule has 0 spiro atoms. The Morgan fingerprint density at radius 3 is 2.77 bits per heavy atom. The molecule has 22 heavy (non-hydrogen) atoms. The number of urea groups is 1. The van der Waals surface area contributed by atoms with Gasteiger partial charge in [0.15, 0.2) is 0 Å². The summed E-state index contributed by atoms with van der Waals surface area (Å²) >= 11 is 0. The molecule has 0 radical (unpaired) electrons. The minimum atomic E-state index is -4.18. The molecule has 124 valence electrons. The molecular weight excluding hydrogens is 297 g/mol. The highest BCUT2D eigenvalue weighted by Gasteiger charge is 2.37. The molecular formula is C14H21F3N4O. The van der Waals surface area contributed by atoms with Crippen LogP contribution in [0.5, 0.6) is 0 Å². The molecule has 0 aromatic carbocycles. The number of hydrogen-bond donors (Lipinski definition) is 2. The first-order valence-corrected chi connectivity index (χ1v) is 7.52. The van der Waals surface area contributed by atoms with E-state index in [1.54, 1.807) is 23.1 Å². The lowest BCUT2D eigenvalue weighted by atomic mass is 9.82. The molecule has 0 unspecified atom stereocenters. The van der Waals surface area contributed by atoms with E-state index in [0.29, 0.717) is 25.9 Å². The molecule has 2 amide bonds. The summed E-state index contributed by atoms with van der Waals surface area (Å²) in [6, 6.07) is 0.968. The number of rotatable bonds is 5. The average molecular weight is 318 g/mol. The number of nitrogens with one attached hydrogen (secondary N) is 2. The summed E-state index contributed by atoms with van der Waals surface area (Å²) in [6.07, 6.45) is 1.17. The largest absolute Gasteiger partial charge is 0.389 e. The van der Waals surface area contributed by atoms with Gasteiger partial charge < -0.3 is 10.6 Å². The zero-order valence-corrected chi connectivity index (χ0v) is 12.3. The Kier molecular flexibility index (Phi) is 5.68. The third-order valence-corrected chi connectivity index (χ3v) is 3.90. The quantitative estimate of drug-likeness (QED) is 0.877. The number of nitrogens with zero attached hydrogens (tertiary/aromatic N) is 2. The maximum Gasteiger partial charge on any atom is 0.389 e. The molecule has 1 aromatic rings. The summed E-state index contributed by atoms with van der Waals surface area (Å²) in [7, 11) is 0. The van der Waals surface area contributed by atoms with Gasteiger partial charge in [-0.15, -0.1) is 0 Å². The van der Waals surface area contributed by atoms with E-state index >= 15 is 0 Å². The zero-order chi connectivity index (χ0) is 16.0. The summed E-state index contributed by atoms with van der Waals surface area (Å²) in [4.78, 5) is 11.8. The highest BCUT2D eigenvalue weighted by molar-refractivity contribution is 5.74. The Hall–Kier alpha value is -1.73. The van der Waals surface area contributed by atoms with Crippen LogP contribution in [0.15, 0.2) is 18.5 Å². The molecule has 1 heterocycles. The lowest BCUT2D eigenvalue weighted by Crippen LogP contribution is -2.48. The van der Waals surface area contributed by atoms with Gasteiger partial charge in [-0.25, -0.2) is 4.79 Å². The van der Waals surface area contributed by atoms with Gasteiger partial charge in [0.1, 0.15) is 0 Å². The highest BCUT2D eigenvalue weighted by atomic mass is 19.4. The van der Waals surface area contributed by atoms with Crippen molar-refractivity contribution >= 4 is 6.03 Å². The van der Waals surface area contributed by atoms with Gasteiger partial charge >= 0.3 is 12.2 Å². The smallest absolute Gasteiger partial charge is 0.336 e. The van der Waals surface area contributed by atoms with E-state index in [0.717, 1.165) is 12.8 Å². The number of aromatic nitrogens is 2. The zero-order valence-electron chi connectivity index (χ0n) is 12.3. The third-order valence-electron chi connectivity index (χ3n) is 3.90. The number of hydrogen-bond acceptors (Lipinski definition) is 2. The Morgan fingerprint density at radius 1 is 1.32 bits per heavy atom. The second-order valence-corrected chi connectivity index (χ2v) is 5.64. The summed E-state index contributed by atoms with van der Waals surface area (Å²) < 4.78 is 39.4. The first-order chi connectivity index (χ1) is 10.4. The molecule has 0 saturated heterocycles. The Balaban J connectivity index is 1.75. The van der Waals surface area contributed by atoms with Crippen LogP contribution < -0.4 is 10.6 Å². The van der Waals surface area contributed by atoms with Crippen LogP contribution in [0.3, 0.4) is 0 Å². The molecule has 1 aliphatic carbocycles. The van der Waals surface area contributed by atoms with Crippen LogP contribution in [0.25, 0.3) is 0 Å². The number of halogens is 3. The van der Waals surface area contributed by atoms with Crippen molar-refractivity contribution in [3.63, 3.8) is 0 Å². The molecule has 2 N–H and O–H groups in total. The first-order valence-electron chi connectivity index (χ1n) is 7.52. The van der Waals surface area contributed by atoms with Crippen molar-refractivity contribution in [2.24, 2.45) is 5.92 Å². The van der Waals surface area contributed by atoms with E-state index in [1.807, 2.05) is 0 Å². The molecule has 1 aromatic heterocycles. The SMILES string of the molecule is O=C(NCCn1cccn1)N[C@H]1CCCC[C@H]1CC(F)(F)F. The fourth-order valence-electron chi connectivity index (χ4n) is 2.88. The summed E-state index contributed by atoms with van der Waals surface area (Å²) in [5, 5.41) is 9.35. The van der Waals surface area contributed by atoms with Gasteiger partial charge in [-0.05, 0) is 24.8 Å². The molecule has 2 rings (SSSR count). The summed E-state index contributed by atoms with van der Waals surface area (Å²) in [6.45, 7) is 0.904. The maximum atomic E-state index is 12.6. The van der Waals surface area contributed by atoms with E-state index in [1.165, 1.54) is 0 Å². The maximum absolute atomic E-state index is 12.6. The lowest BCUT2D eigenvalue weighted by molar-refractivity contribution is -0.148. The van der Waals surface area contributed by atoms with Gasteiger partial charge in [-0.1, -0.05) is 12.8 Å². The fraction of sp³-hybridized carbons (Fsp3) is 0.714. The van der Waals surface area contributed by atoms with E-state index in [9.17, 15) is 18.0 Å². The molecule has 5 nitrogen and oxygen atoms in total. The second-order valence-electron chi connectivity index (χ2n) is 5.64. The Morgan fingerprint density at radius 2 is 2.09 bits per heavy atom. The normalized spacial score (nSPS) is 22.3. The van der Waals surface area contributed by atoms with Crippen molar-refractivity contribution in [3.8, 4) is 0 Å². The van der Waals surface area contributed by atoms with Crippen LogP contribution in [0.2, 0.25) is 0 Å². The number of amides is 2. The van der Waals surface area contributed by atoms with Crippen LogP contribution in [0.1, 0.15) is 32.1 Å². The Labute approximate surface area is 127 Å². The fourth-order valence-corrected chi connectivity index (χ4v) is 2.88. The lowest BCUT2D eigenvalue weighted by Gasteiger charge is -2.32. The summed E-state index contributed by atoms with van der Waals surface area (Å²) in [5.41, 5.74) is 0. The van der Waals surface area contributed by atoms with Gasteiger partial charge in [0.2, 0.25) is 0 Å². The second kappa shape index (κ2) is 7.51. The van der Waals surface area contributed by atoms with E-state index in [2.05, 4.69) is 15.7 Å². The van der Waals surface area contributed by atoms with Crippen molar-refractivity contribution in [3.05, 3.63) is 18.5 Å². The molecule has 2 atom stereocenters. The number of alkyl halides is 3. The third kappa shape index (κ3) is 5.57. The van der Waals surface area contributed by atoms with E-state index < -0.39 is 30.6 Å². The van der Waals surface area contributed by atoms with Gasteiger partial charge in [0.25, 0.3) is 0 Å². The molecule has 1 aliphatic rings. The van der Waals surface area contributed by atoms with Crippen molar-refractivity contribution < 1.29 is 18.0 Å². The first kappa shape index (κ1) is 16.6. The van der Waals surface area contributed by atoms with Crippen LogP contribution in [0, 0.1) is 5.92 Å². The molecule has 0 bridgehead atoms. The van der Waals surface area contributed by atoms with Crippen molar-refractivity contribution in [1.82, 2.24) is 20.4 Å². The van der Waals surface area contributed by atoms with Gasteiger partial charge in [-0.3, -0.25) is 4.68 Å². The van der Waals surface area contributed by atoms with Crippen LogP contribution in [-0.2, 0) is 6.54 Å².